The Morgan fingerprint density at radius 3 is 2.36 bits per heavy atom. The minimum absolute atomic E-state index is 0.205. The summed E-state index contributed by atoms with van der Waals surface area (Å²) in [6.07, 6.45) is 0. The summed E-state index contributed by atoms with van der Waals surface area (Å²) < 4.78 is 0. The third-order valence-corrected chi connectivity index (χ3v) is 1.91. The Morgan fingerprint density at radius 2 is 2.00 bits per heavy atom. The molecular formula is C9H18N2O3. The van der Waals surface area contributed by atoms with Crippen LogP contribution in [0.25, 0.3) is 0 Å². The molecule has 0 aliphatic rings. The standard InChI is InChI=1S/C9H18N2O3/c1-4-10-9(14)11(5-2)6-7(3)8(12)13/h7H,4-6H2,1-3H3,(H,10,14)(H,12,13). The van der Waals surface area contributed by atoms with E-state index >= 15 is 0 Å². The fraction of sp³-hybridized carbons (Fsp3) is 0.778. The molecule has 2 amide bonds. The average Bonchev–Trinajstić information content (AvgIpc) is 2.13. The van der Waals surface area contributed by atoms with Gasteiger partial charge in [-0.05, 0) is 13.8 Å². The van der Waals surface area contributed by atoms with Crippen molar-refractivity contribution in [3.05, 3.63) is 0 Å². The van der Waals surface area contributed by atoms with Gasteiger partial charge in [-0.3, -0.25) is 4.79 Å². The van der Waals surface area contributed by atoms with Crippen molar-refractivity contribution in [3.8, 4) is 0 Å². The van der Waals surface area contributed by atoms with Gasteiger partial charge in [0.2, 0.25) is 0 Å². The molecule has 0 aromatic rings. The molecule has 82 valence electrons. The van der Waals surface area contributed by atoms with Crippen molar-refractivity contribution in [1.29, 1.82) is 0 Å². The van der Waals surface area contributed by atoms with Gasteiger partial charge < -0.3 is 15.3 Å². The van der Waals surface area contributed by atoms with Crippen molar-refractivity contribution in [3.63, 3.8) is 0 Å². The van der Waals surface area contributed by atoms with Gasteiger partial charge >= 0.3 is 12.0 Å². The second-order valence-electron chi connectivity index (χ2n) is 3.11. The molecule has 0 aliphatic carbocycles. The van der Waals surface area contributed by atoms with Crippen LogP contribution < -0.4 is 5.32 Å². The second-order valence-corrected chi connectivity index (χ2v) is 3.11. The number of carboxylic acid groups (broad SMARTS) is 1. The number of nitrogens with zero attached hydrogens (tertiary/aromatic N) is 1. The number of carbonyl (C=O) groups is 2. The van der Waals surface area contributed by atoms with Crippen molar-refractivity contribution in [1.82, 2.24) is 10.2 Å². The molecule has 0 saturated carbocycles. The first-order valence-electron chi connectivity index (χ1n) is 4.78. The lowest BCUT2D eigenvalue weighted by atomic mass is 10.2. The van der Waals surface area contributed by atoms with Crippen LogP contribution in [-0.4, -0.2) is 41.6 Å². The number of aliphatic carboxylic acids is 1. The third-order valence-electron chi connectivity index (χ3n) is 1.91. The SMILES string of the molecule is CCNC(=O)N(CC)CC(C)C(=O)O. The van der Waals surface area contributed by atoms with Gasteiger partial charge in [-0.2, -0.15) is 0 Å². The molecule has 1 unspecified atom stereocenters. The molecular weight excluding hydrogens is 184 g/mol. The lowest BCUT2D eigenvalue weighted by molar-refractivity contribution is -0.141. The monoisotopic (exact) mass is 202 g/mol. The molecule has 0 saturated heterocycles. The molecule has 14 heavy (non-hydrogen) atoms. The van der Waals surface area contributed by atoms with E-state index in [0.29, 0.717) is 13.1 Å². The summed E-state index contributed by atoms with van der Waals surface area (Å²) in [7, 11) is 0. The summed E-state index contributed by atoms with van der Waals surface area (Å²) in [5, 5.41) is 11.3. The summed E-state index contributed by atoms with van der Waals surface area (Å²) in [4.78, 5) is 23.4. The fourth-order valence-electron chi connectivity index (χ4n) is 1.03. The van der Waals surface area contributed by atoms with Crippen LogP contribution in [0.15, 0.2) is 0 Å². The van der Waals surface area contributed by atoms with Crippen LogP contribution in [0.5, 0.6) is 0 Å². The first-order valence-corrected chi connectivity index (χ1v) is 4.78. The Morgan fingerprint density at radius 1 is 1.43 bits per heavy atom. The first-order chi connectivity index (χ1) is 6.52. The Balaban J connectivity index is 4.14. The van der Waals surface area contributed by atoms with Crippen LogP contribution in [0.2, 0.25) is 0 Å². The predicted molar refractivity (Wildman–Crippen MR) is 53.1 cm³/mol. The van der Waals surface area contributed by atoms with E-state index in [1.165, 1.54) is 4.90 Å². The number of hydrogen-bond donors (Lipinski definition) is 2. The third kappa shape index (κ3) is 4.11. The molecule has 5 heteroatoms. The highest BCUT2D eigenvalue weighted by Gasteiger charge is 2.18. The second kappa shape index (κ2) is 6.23. The topological polar surface area (TPSA) is 69.6 Å². The molecule has 0 aromatic heterocycles. The van der Waals surface area contributed by atoms with Crippen molar-refractivity contribution in [2.24, 2.45) is 5.92 Å². The van der Waals surface area contributed by atoms with Crippen LogP contribution in [0, 0.1) is 5.92 Å². The quantitative estimate of drug-likeness (QED) is 0.691. The van der Waals surface area contributed by atoms with Crippen molar-refractivity contribution in [2.75, 3.05) is 19.6 Å². The Kier molecular flexibility index (Phi) is 5.67. The molecule has 0 aliphatic heterocycles. The van der Waals surface area contributed by atoms with E-state index in [2.05, 4.69) is 5.32 Å². The van der Waals surface area contributed by atoms with Crippen LogP contribution in [0.1, 0.15) is 20.8 Å². The number of rotatable bonds is 5. The molecule has 0 radical (unpaired) electrons. The molecule has 0 fully saturated rings. The van der Waals surface area contributed by atoms with E-state index < -0.39 is 11.9 Å². The normalized spacial score (nSPS) is 11.9. The number of urea groups is 1. The number of carbonyl (C=O) groups excluding carboxylic acids is 1. The molecule has 0 spiro atoms. The van der Waals surface area contributed by atoms with E-state index in [-0.39, 0.29) is 12.6 Å². The first kappa shape index (κ1) is 12.7. The van der Waals surface area contributed by atoms with Crippen molar-refractivity contribution < 1.29 is 14.7 Å². The van der Waals surface area contributed by atoms with E-state index in [0.717, 1.165) is 0 Å². The number of carboxylic acids is 1. The van der Waals surface area contributed by atoms with Gasteiger partial charge in [0, 0.05) is 19.6 Å². The lowest BCUT2D eigenvalue weighted by Gasteiger charge is -2.22. The molecule has 0 bridgehead atoms. The van der Waals surface area contributed by atoms with Gasteiger partial charge in [-0.1, -0.05) is 6.92 Å². The van der Waals surface area contributed by atoms with Crippen molar-refractivity contribution in [2.45, 2.75) is 20.8 Å². The molecule has 2 N–H and O–H groups in total. The lowest BCUT2D eigenvalue weighted by Crippen LogP contribution is -2.43. The van der Waals surface area contributed by atoms with Gasteiger partial charge in [0.15, 0.2) is 0 Å². The summed E-state index contributed by atoms with van der Waals surface area (Å²) in [5.41, 5.74) is 0. The highest BCUT2D eigenvalue weighted by Crippen LogP contribution is 2.00. The minimum Gasteiger partial charge on any atom is -0.481 e. The highest BCUT2D eigenvalue weighted by atomic mass is 16.4. The maximum absolute atomic E-state index is 11.4. The van der Waals surface area contributed by atoms with E-state index in [1.54, 1.807) is 6.92 Å². The van der Waals surface area contributed by atoms with Crippen LogP contribution >= 0.6 is 0 Å². The predicted octanol–water partition coefficient (Wildman–Crippen LogP) is 0.759. The van der Waals surface area contributed by atoms with Crippen LogP contribution in [0.3, 0.4) is 0 Å². The van der Waals surface area contributed by atoms with Crippen LogP contribution in [0.4, 0.5) is 4.79 Å². The zero-order valence-corrected chi connectivity index (χ0v) is 8.91. The maximum Gasteiger partial charge on any atom is 0.317 e. The van der Waals surface area contributed by atoms with Gasteiger partial charge in [-0.25, -0.2) is 4.79 Å². The van der Waals surface area contributed by atoms with Gasteiger partial charge in [0.05, 0.1) is 5.92 Å². The van der Waals surface area contributed by atoms with E-state index in [9.17, 15) is 9.59 Å². The maximum atomic E-state index is 11.4. The Bertz CT molecular complexity index is 206. The molecule has 0 heterocycles. The number of nitrogens with one attached hydrogen (secondary N) is 1. The van der Waals surface area contributed by atoms with Gasteiger partial charge in [0.25, 0.3) is 0 Å². The van der Waals surface area contributed by atoms with Crippen LogP contribution in [-0.2, 0) is 4.79 Å². The smallest absolute Gasteiger partial charge is 0.317 e. The largest absolute Gasteiger partial charge is 0.481 e. The molecule has 0 aromatic carbocycles. The average molecular weight is 202 g/mol. The van der Waals surface area contributed by atoms with E-state index in [4.69, 9.17) is 5.11 Å². The summed E-state index contributed by atoms with van der Waals surface area (Å²) in [6, 6.07) is -0.205. The zero-order valence-electron chi connectivity index (χ0n) is 8.91. The zero-order chi connectivity index (χ0) is 11.1. The van der Waals surface area contributed by atoms with Gasteiger partial charge in [-0.15, -0.1) is 0 Å². The summed E-state index contributed by atoms with van der Waals surface area (Å²) >= 11 is 0. The van der Waals surface area contributed by atoms with Gasteiger partial charge in [0.1, 0.15) is 0 Å². The number of hydrogen-bond acceptors (Lipinski definition) is 2. The highest BCUT2D eigenvalue weighted by molar-refractivity contribution is 5.75. The summed E-state index contributed by atoms with van der Waals surface area (Å²) in [5.74, 6) is -1.41. The molecule has 5 nitrogen and oxygen atoms in total. The minimum atomic E-state index is -0.882. The van der Waals surface area contributed by atoms with Crippen molar-refractivity contribution >= 4 is 12.0 Å². The molecule has 1 atom stereocenters. The number of amides is 2. The van der Waals surface area contributed by atoms with E-state index in [1.807, 2.05) is 13.8 Å². The fourth-order valence-corrected chi connectivity index (χ4v) is 1.03. The Labute approximate surface area is 84.1 Å². The summed E-state index contributed by atoms with van der Waals surface area (Å²) in [6.45, 7) is 6.55. The molecule has 0 rings (SSSR count). The Hall–Kier alpha value is -1.26.